The van der Waals surface area contributed by atoms with Gasteiger partial charge in [0.05, 0.1) is 42.2 Å². The van der Waals surface area contributed by atoms with Gasteiger partial charge in [-0.3, -0.25) is 9.36 Å². The monoisotopic (exact) mass is 618 g/mol. The van der Waals surface area contributed by atoms with Gasteiger partial charge in [0, 0.05) is 9.13 Å². The van der Waals surface area contributed by atoms with Gasteiger partial charge in [0.1, 0.15) is 0 Å². The number of hydrogen-bond acceptors (Lipinski definition) is 7. The number of fused-ring (bicyclic) bond motifs is 1. The highest BCUT2D eigenvalue weighted by Gasteiger charge is 2.33. The van der Waals surface area contributed by atoms with Gasteiger partial charge in [0.25, 0.3) is 5.56 Å². The Balaban J connectivity index is 1.98. The van der Waals surface area contributed by atoms with Crippen LogP contribution >= 0.6 is 33.9 Å². The number of carbonyl (C=O) groups excluding carboxylic acids is 1. The SMILES string of the molecule is CCOC(=O)C1=C(C)N=c2s/c(=C\c3cc(I)cc(OC)c3OCC)c(=O)n2[C@@H]1c1ccc(C)cc1. The summed E-state index contributed by atoms with van der Waals surface area (Å²) >= 11 is 3.49. The molecule has 0 aliphatic carbocycles. The van der Waals surface area contributed by atoms with Gasteiger partial charge in [-0.25, -0.2) is 9.79 Å². The first-order valence-electron chi connectivity index (χ1n) is 11.6. The summed E-state index contributed by atoms with van der Waals surface area (Å²) in [5.74, 6) is 0.699. The van der Waals surface area contributed by atoms with E-state index in [0.29, 0.717) is 38.7 Å². The fourth-order valence-corrected chi connectivity index (χ4v) is 5.80. The summed E-state index contributed by atoms with van der Waals surface area (Å²) in [4.78, 5) is 32.0. The van der Waals surface area contributed by atoms with Crippen molar-refractivity contribution >= 4 is 46.0 Å². The molecule has 0 saturated heterocycles. The maximum absolute atomic E-state index is 13.8. The quantitative estimate of drug-likeness (QED) is 0.294. The van der Waals surface area contributed by atoms with Crippen LogP contribution in [0, 0.1) is 10.5 Å². The lowest BCUT2D eigenvalue weighted by Gasteiger charge is -2.24. The fraction of sp³-hybridized carbons (Fsp3) is 0.296. The Morgan fingerprint density at radius 1 is 1.17 bits per heavy atom. The maximum Gasteiger partial charge on any atom is 0.338 e. The molecule has 0 amide bonds. The van der Waals surface area contributed by atoms with Gasteiger partial charge in [0.2, 0.25) is 0 Å². The smallest absolute Gasteiger partial charge is 0.338 e. The van der Waals surface area contributed by atoms with Gasteiger partial charge < -0.3 is 14.2 Å². The summed E-state index contributed by atoms with van der Waals surface area (Å²) in [6.07, 6.45) is 1.80. The first-order chi connectivity index (χ1) is 17.3. The van der Waals surface area contributed by atoms with Gasteiger partial charge >= 0.3 is 5.97 Å². The Bertz CT molecular complexity index is 1520. The summed E-state index contributed by atoms with van der Waals surface area (Å²) in [5, 5.41) is 0. The molecule has 2 aromatic carbocycles. The molecule has 1 atom stereocenters. The molecule has 0 unspecified atom stereocenters. The predicted octanol–water partition coefficient (Wildman–Crippen LogP) is 4.12. The van der Waals surface area contributed by atoms with Crippen LogP contribution in [0.15, 0.2) is 57.5 Å². The number of hydrogen-bond donors (Lipinski definition) is 0. The van der Waals surface area contributed by atoms with Crippen LogP contribution in [-0.2, 0) is 9.53 Å². The summed E-state index contributed by atoms with van der Waals surface area (Å²) in [6.45, 7) is 8.12. The number of nitrogens with zero attached hydrogens (tertiary/aromatic N) is 2. The fourth-order valence-electron chi connectivity index (χ4n) is 4.14. The molecule has 1 aliphatic heterocycles. The second kappa shape index (κ2) is 11.0. The van der Waals surface area contributed by atoms with Crippen molar-refractivity contribution in [3.63, 3.8) is 0 Å². The maximum atomic E-state index is 13.8. The van der Waals surface area contributed by atoms with Crippen molar-refractivity contribution in [2.24, 2.45) is 4.99 Å². The topological polar surface area (TPSA) is 79.1 Å². The number of thiazole rings is 1. The number of aromatic nitrogens is 1. The standard InChI is InChI=1S/C27H27IN2O5S/c1-6-34-24-18(12-19(28)14-20(24)33-5)13-21-25(31)30-23(17-10-8-15(3)9-11-17)22(26(32)35-7-2)16(4)29-27(30)36-21/h8-14,23H,6-7H2,1-5H3/b21-13-/t23-/m1/s1. The van der Waals surface area contributed by atoms with Crippen molar-refractivity contribution in [3.05, 3.63) is 87.6 Å². The first-order valence-corrected chi connectivity index (χ1v) is 13.4. The van der Waals surface area contributed by atoms with Crippen LogP contribution in [0.2, 0.25) is 0 Å². The molecule has 188 valence electrons. The third-order valence-electron chi connectivity index (χ3n) is 5.75. The third kappa shape index (κ3) is 4.99. The van der Waals surface area contributed by atoms with E-state index in [0.717, 1.165) is 20.3 Å². The van der Waals surface area contributed by atoms with Crippen LogP contribution in [0.5, 0.6) is 11.5 Å². The second-order valence-electron chi connectivity index (χ2n) is 8.17. The summed E-state index contributed by atoms with van der Waals surface area (Å²) in [6, 6.07) is 11.0. The molecule has 7 nitrogen and oxygen atoms in total. The summed E-state index contributed by atoms with van der Waals surface area (Å²) in [5.41, 5.74) is 3.30. The van der Waals surface area contributed by atoms with Crippen LogP contribution in [0.4, 0.5) is 0 Å². The largest absolute Gasteiger partial charge is 0.493 e. The highest BCUT2D eigenvalue weighted by Crippen LogP contribution is 2.34. The average molecular weight is 618 g/mol. The number of ether oxygens (including phenoxy) is 3. The van der Waals surface area contributed by atoms with Crippen LogP contribution < -0.4 is 24.4 Å². The lowest BCUT2D eigenvalue weighted by Crippen LogP contribution is -2.39. The van der Waals surface area contributed by atoms with E-state index in [9.17, 15) is 9.59 Å². The minimum atomic E-state index is -0.639. The Hall–Kier alpha value is -2.92. The Morgan fingerprint density at radius 3 is 2.53 bits per heavy atom. The molecule has 0 N–H and O–H groups in total. The number of allylic oxidation sites excluding steroid dienone is 1. The van der Waals surface area contributed by atoms with Gasteiger partial charge in [-0.1, -0.05) is 41.2 Å². The first kappa shape index (κ1) is 26.2. The van der Waals surface area contributed by atoms with Crippen molar-refractivity contribution in [1.82, 2.24) is 4.57 Å². The van der Waals surface area contributed by atoms with E-state index in [2.05, 4.69) is 27.6 Å². The van der Waals surface area contributed by atoms with E-state index in [1.807, 2.05) is 50.2 Å². The van der Waals surface area contributed by atoms with E-state index < -0.39 is 12.0 Å². The van der Waals surface area contributed by atoms with E-state index >= 15 is 0 Å². The average Bonchev–Trinajstić information content (AvgIpc) is 3.14. The van der Waals surface area contributed by atoms with E-state index in [1.54, 1.807) is 31.6 Å². The third-order valence-corrected chi connectivity index (χ3v) is 7.36. The number of carbonyl (C=O) groups is 1. The van der Waals surface area contributed by atoms with Gasteiger partial charge in [-0.05, 0) is 74.1 Å². The summed E-state index contributed by atoms with van der Waals surface area (Å²) < 4.78 is 19.8. The second-order valence-corrected chi connectivity index (χ2v) is 10.4. The molecule has 1 aromatic heterocycles. The van der Waals surface area contributed by atoms with Gasteiger partial charge in [-0.15, -0.1) is 0 Å². The van der Waals surface area contributed by atoms with Gasteiger partial charge in [-0.2, -0.15) is 0 Å². The van der Waals surface area contributed by atoms with E-state index in [1.165, 1.54) is 11.3 Å². The van der Waals surface area contributed by atoms with Crippen LogP contribution in [0.1, 0.15) is 43.5 Å². The Morgan fingerprint density at radius 2 is 1.89 bits per heavy atom. The van der Waals surface area contributed by atoms with E-state index in [4.69, 9.17) is 14.2 Å². The highest BCUT2D eigenvalue weighted by atomic mass is 127. The molecule has 3 aromatic rings. The predicted molar refractivity (Wildman–Crippen MR) is 148 cm³/mol. The molecule has 0 radical (unpaired) electrons. The molecule has 0 fully saturated rings. The zero-order valence-electron chi connectivity index (χ0n) is 20.8. The molecule has 0 spiro atoms. The number of methoxy groups -OCH3 is 1. The Labute approximate surface area is 226 Å². The molecule has 4 rings (SSSR count). The van der Waals surface area contributed by atoms with Crippen LogP contribution in [0.3, 0.4) is 0 Å². The molecule has 36 heavy (non-hydrogen) atoms. The Kier molecular flexibility index (Phi) is 7.99. The number of rotatable bonds is 7. The molecule has 1 aliphatic rings. The number of benzene rings is 2. The molecular weight excluding hydrogens is 591 g/mol. The molecule has 0 bridgehead atoms. The van der Waals surface area contributed by atoms with Crippen molar-refractivity contribution in [1.29, 1.82) is 0 Å². The highest BCUT2D eigenvalue weighted by molar-refractivity contribution is 14.1. The zero-order valence-corrected chi connectivity index (χ0v) is 23.7. The van der Waals surface area contributed by atoms with Crippen LogP contribution in [0.25, 0.3) is 6.08 Å². The number of esters is 1. The number of halogens is 1. The van der Waals surface area contributed by atoms with Crippen molar-refractivity contribution < 1.29 is 19.0 Å². The minimum Gasteiger partial charge on any atom is -0.493 e. The molecule has 0 saturated carbocycles. The van der Waals surface area contributed by atoms with Crippen molar-refractivity contribution in [2.45, 2.75) is 33.7 Å². The minimum absolute atomic E-state index is 0.231. The van der Waals surface area contributed by atoms with Crippen LogP contribution in [-0.4, -0.2) is 30.9 Å². The number of aryl methyl sites for hydroxylation is 1. The lowest BCUT2D eigenvalue weighted by molar-refractivity contribution is -0.139. The lowest BCUT2D eigenvalue weighted by atomic mass is 9.95. The van der Waals surface area contributed by atoms with Gasteiger partial charge in [0.15, 0.2) is 16.3 Å². The van der Waals surface area contributed by atoms with Crippen molar-refractivity contribution in [3.8, 4) is 11.5 Å². The normalized spacial score (nSPS) is 15.4. The summed E-state index contributed by atoms with van der Waals surface area (Å²) in [7, 11) is 1.59. The molecule has 2 heterocycles. The molecule has 9 heteroatoms. The van der Waals surface area contributed by atoms with Crippen molar-refractivity contribution in [2.75, 3.05) is 20.3 Å². The zero-order chi connectivity index (χ0) is 26.0. The molecular formula is C27H27IN2O5S. The van der Waals surface area contributed by atoms with E-state index in [-0.39, 0.29) is 12.2 Å².